The van der Waals surface area contributed by atoms with Crippen LogP contribution in [-0.4, -0.2) is 62.8 Å². The highest BCUT2D eigenvalue weighted by Gasteiger charge is 2.21. The van der Waals surface area contributed by atoms with Crippen LogP contribution in [0.25, 0.3) is 0 Å². The fraction of sp³-hybridized carbons (Fsp3) is 0.793. The summed E-state index contributed by atoms with van der Waals surface area (Å²) in [5.74, 6) is 0. The van der Waals surface area contributed by atoms with Crippen molar-refractivity contribution < 1.29 is 28.0 Å². The van der Waals surface area contributed by atoms with Crippen molar-refractivity contribution in [3.05, 3.63) is 29.8 Å². The van der Waals surface area contributed by atoms with Gasteiger partial charge in [-0.05, 0) is 24.8 Å². The SMILES string of the molecule is C[N+](C)(C)CCOP(=O)(O)OCCCCCCCCCCCCCCCCCCc1ccc([B]O)cc1. The Bertz CT molecular complexity index is 711. The van der Waals surface area contributed by atoms with Crippen molar-refractivity contribution in [2.45, 2.75) is 109 Å². The zero-order chi connectivity index (χ0) is 27.2. The van der Waals surface area contributed by atoms with Crippen LogP contribution in [0.5, 0.6) is 0 Å². The van der Waals surface area contributed by atoms with E-state index >= 15 is 0 Å². The molecule has 0 fully saturated rings. The van der Waals surface area contributed by atoms with E-state index in [4.69, 9.17) is 14.1 Å². The minimum absolute atomic E-state index is 0.223. The summed E-state index contributed by atoms with van der Waals surface area (Å²) in [6.07, 6.45) is 21.5. The van der Waals surface area contributed by atoms with Gasteiger partial charge in [-0.3, -0.25) is 9.05 Å². The van der Waals surface area contributed by atoms with E-state index in [1.807, 2.05) is 33.3 Å². The molecule has 2 N–H and O–H groups in total. The van der Waals surface area contributed by atoms with Crippen LogP contribution in [-0.2, 0) is 20.0 Å². The van der Waals surface area contributed by atoms with E-state index in [0.29, 0.717) is 11.0 Å². The lowest BCUT2D eigenvalue weighted by Gasteiger charge is -2.24. The van der Waals surface area contributed by atoms with Crippen LogP contribution in [0.15, 0.2) is 24.3 Å². The van der Waals surface area contributed by atoms with Crippen molar-refractivity contribution in [3.63, 3.8) is 0 Å². The standard InChI is InChI=1S/C29H54BNO5P/c1-31(2,3)25-27-36-37(33,34)35-26-19-17-15-13-11-9-7-5-4-6-8-10-12-14-16-18-20-28-21-23-29(30-32)24-22-28/h21-24,32H,4-20,25-27H2,1-3H3/p+1. The summed E-state index contributed by atoms with van der Waals surface area (Å²) in [7, 11) is 3.30. The van der Waals surface area contributed by atoms with Crippen molar-refractivity contribution in [2.75, 3.05) is 40.9 Å². The molecule has 0 saturated carbocycles. The number of quaternary nitrogens is 1. The third-order valence-electron chi connectivity index (χ3n) is 6.76. The summed E-state index contributed by atoms with van der Waals surface area (Å²) in [4.78, 5) is 9.69. The molecule has 0 aliphatic rings. The Balaban J connectivity index is 1.77. The number of hydrogen-bond acceptors (Lipinski definition) is 4. The number of phosphoric ester groups is 1. The van der Waals surface area contributed by atoms with Gasteiger partial charge in [-0.25, -0.2) is 4.57 Å². The van der Waals surface area contributed by atoms with Gasteiger partial charge in [-0.1, -0.05) is 120 Å². The molecule has 1 unspecified atom stereocenters. The van der Waals surface area contributed by atoms with Crippen LogP contribution in [0.4, 0.5) is 0 Å². The lowest BCUT2D eigenvalue weighted by atomic mass is 9.88. The largest absolute Gasteiger partial charge is 0.472 e. The minimum Gasteiger partial charge on any atom is -0.450 e. The summed E-state index contributed by atoms with van der Waals surface area (Å²) < 4.78 is 22.6. The summed E-state index contributed by atoms with van der Waals surface area (Å²) in [5, 5.41) is 8.97. The van der Waals surface area contributed by atoms with E-state index in [9.17, 15) is 9.46 Å². The second-order valence-corrected chi connectivity index (χ2v) is 12.9. The number of rotatable bonds is 25. The maximum absolute atomic E-state index is 11.8. The summed E-state index contributed by atoms with van der Waals surface area (Å²) >= 11 is 0. The predicted octanol–water partition coefficient (Wildman–Crippen LogP) is 6.55. The van der Waals surface area contributed by atoms with Gasteiger partial charge in [0.2, 0.25) is 0 Å². The number of likely N-dealkylation sites (N-methyl/N-ethyl adjacent to an activating group) is 1. The molecule has 1 aromatic rings. The third-order valence-corrected chi connectivity index (χ3v) is 7.78. The maximum atomic E-state index is 11.8. The Kier molecular flexibility index (Phi) is 19.7. The molecule has 6 nitrogen and oxygen atoms in total. The molecule has 1 rings (SSSR count). The highest BCUT2D eigenvalue weighted by Crippen LogP contribution is 2.43. The average Bonchev–Trinajstić information content (AvgIpc) is 2.84. The van der Waals surface area contributed by atoms with Crippen LogP contribution in [0.3, 0.4) is 0 Å². The normalized spacial score (nSPS) is 13.5. The Morgan fingerprint density at radius 2 is 1.08 bits per heavy atom. The molecule has 0 aliphatic heterocycles. The molecule has 0 aliphatic carbocycles. The molecule has 0 bridgehead atoms. The van der Waals surface area contributed by atoms with Crippen LogP contribution in [0.2, 0.25) is 0 Å². The number of hydrogen-bond donors (Lipinski definition) is 2. The Morgan fingerprint density at radius 3 is 1.51 bits per heavy atom. The molecule has 1 aromatic carbocycles. The van der Waals surface area contributed by atoms with Gasteiger partial charge < -0.3 is 14.4 Å². The first-order chi connectivity index (χ1) is 17.7. The summed E-state index contributed by atoms with van der Waals surface area (Å²) in [5.41, 5.74) is 2.23. The molecule has 8 heteroatoms. The van der Waals surface area contributed by atoms with Gasteiger partial charge in [0.25, 0.3) is 0 Å². The molecule has 0 amide bonds. The van der Waals surface area contributed by atoms with Gasteiger partial charge in [0.1, 0.15) is 13.2 Å². The second-order valence-electron chi connectivity index (χ2n) is 11.4. The highest BCUT2D eigenvalue weighted by molar-refractivity contribution is 7.47. The zero-order valence-electron chi connectivity index (χ0n) is 24.0. The monoisotopic (exact) mass is 539 g/mol. The van der Waals surface area contributed by atoms with E-state index in [1.54, 1.807) is 0 Å². The first-order valence-corrected chi connectivity index (χ1v) is 16.2. The smallest absolute Gasteiger partial charge is 0.450 e. The number of benzene rings is 1. The van der Waals surface area contributed by atoms with Gasteiger partial charge >= 0.3 is 15.3 Å². The third kappa shape index (κ3) is 21.9. The fourth-order valence-corrected chi connectivity index (χ4v) is 5.07. The molecular formula is C29H55BNO5P+. The topological polar surface area (TPSA) is 76.0 Å². The van der Waals surface area contributed by atoms with Gasteiger partial charge in [0.05, 0.1) is 27.7 Å². The number of aryl methyl sites for hydroxylation is 1. The van der Waals surface area contributed by atoms with Crippen LogP contribution < -0.4 is 5.46 Å². The van der Waals surface area contributed by atoms with Crippen molar-refractivity contribution >= 4 is 20.8 Å². The van der Waals surface area contributed by atoms with Crippen molar-refractivity contribution in [2.24, 2.45) is 0 Å². The van der Waals surface area contributed by atoms with Gasteiger partial charge in [0, 0.05) is 0 Å². The van der Waals surface area contributed by atoms with Gasteiger partial charge in [0.15, 0.2) is 0 Å². The van der Waals surface area contributed by atoms with Crippen LogP contribution >= 0.6 is 7.82 Å². The number of unbranched alkanes of at least 4 members (excludes halogenated alkanes) is 15. The molecule has 1 radical (unpaired) electrons. The van der Waals surface area contributed by atoms with E-state index in [1.165, 1.54) is 89.0 Å². The highest BCUT2D eigenvalue weighted by atomic mass is 31.2. The zero-order valence-corrected chi connectivity index (χ0v) is 24.9. The second kappa shape index (κ2) is 21.2. The van der Waals surface area contributed by atoms with E-state index in [0.717, 1.165) is 38.6 Å². The Hall–Kier alpha value is -0.685. The Labute approximate surface area is 228 Å². The number of phosphoric acid groups is 1. The quantitative estimate of drug-likeness (QED) is 0.0638. The first kappa shape index (κ1) is 34.3. The van der Waals surface area contributed by atoms with Crippen molar-refractivity contribution in [1.82, 2.24) is 0 Å². The predicted molar refractivity (Wildman–Crippen MR) is 156 cm³/mol. The van der Waals surface area contributed by atoms with E-state index in [-0.39, 0.29) is 13.2 Å². The molecule has 213 valence electrons. The van der Waals surface area contributed by atoms with Crippen molar-refractivity contribution in [3.8, 4) is 0 Å². The molecule has 0 aromatic heterocycles. The summed E-state index contributed by atoms with van der Waals surface area (Å²) in [6, 6.07) is 8.17. The molecule has 1 atom stereocenters. The number of nitrogens with zero attached hydrogens (tertiary/aromatic N) is 1. The lowest BCUT2D eigenvalue weighted by molar-refractivity contribution is -0.870. The molecule has 0 heterocycles. The van der Waals surface area contributed by atoms with Gasteiger partial charge in [-0.15, -0.1) is 0 Å². The molecular weight excluding hydrogens is 484 g/mol. The van der Waals surface area contributed by atoms with E-state index in [2.05, 4.69) is 12.1 Å². The molecule has 0 spiro atoms. The fourth-order valence-electron chi connectivity index (χ4n) is 4.32. The average molecular weight is 540 g/mol. The minimum atomic E-state index is -3.90. The first-order valence-electron chi connectivity index (χ1n) is 14.7. The molecule has 0 saturated heterocycles. The van der Waals surface area contributed by atoms with Crippen LogP contribution in [0.1, 0.15) is 108 Å². The van der Waals surface area contributed by atoms with E-state index < -0.39 is 7.82 Å². The van der Waals surface area contributed by atoms with Gasteiger partial charge in [-0.2, -0.15) is 0 Å². The lowest BCUT2D eigenvalue weighted by Crippen LogP contribution is -2.37. The Morgan fingerprint density at radius 1 is 0.676 bits per heavy atom. The van der Waals surface area contributed by atoms with Crippen molar-refractivity contribution in [1.29, 1.82) is 0 Å². The summed E-state index contributed by atoms with van der Waals surface area (Å²) in [6.45, 7) is 1.18. The molecule has 37 heavy (non-hydrogen) atoms. The maximum Gasteiger partial charge on any atom is 0.472 e. The van der Waals surface area contributed by atoms with Crippen LogP contribution in [0, 0.1) is 0 Å².